The molecule has 1 aliphatic rings. The van der Waals surface area contributed by atoms with E-state index in [1.165, 1.54) is 0 Å². The molecule has 2 N–H and O–H groups in total. The molecule has 0 bridgehead atoms. The third kappa shape index (κ3) is 4.26. The van der Waals surface area contributed by atoms with Crippen molar-refractivity contribution in [1.82, 2.24) is 15.2 Å². The third-order valence-corrected chi connectivity index (χ3v) is 5.45. The van der Waals surface area contributed by atoms with Crippen LogP contribution in [0, 0.1) is 0 Å². The number of aromatic nitrogens is 1. The number of halogens is 1. The summed E-state index contributed by atoms with van der Waals surface area (Å²) in [4.78, 5) is 19.4. The monoisotopic (exact) mass is 394 g/mol. The van der Waals surface area contributed by atoms with E-state index in [4.69, 9.17) is 11.6 Å². The summed E-state index contributed by atoms with van der Waals surface area (Å²) in [5, 5.41) is 9.19. The van der Waals surface area contributed by atoms with Crippen LogP contribution in [0.25, 0.3) is 10.8 Å². The highest BCUT2D eigenvalue weighted by Crippen LogP contribution is 2.24. The first-order valence-electron chi connectivity index (χ1n) is 9.56. The lowest BCUT2D eigenvalue weighted by molar-refractivity contribution is 0.166. The molecule has 4 rings (SSSR count). The van der Waals surface area contributed by atoms with Crippen LogP contribution in [0.4, 0.5) is 10.5 Å². The Morgan fingerprint density at radius 3 is 2.71 bits per heavy atom. The molecular formula is C22H23ClN4O. The first-order valence-corrected chi connectivity index (χ1v) is 9.94. The maximum Gasteiger partial charge on any atom is 0.322 e. The first-order chi connectivity index (χ1) is 13.7. The van der Waals surface area contributed by atoms with E-state index in [0.29, 0.717) is 11.6 Å². The van der Waals surface area contributed by atoms with Gasteiger partial charge in [0.1, 0.15) is 0 Å². The molecule has 1 aromatic heterocycles. The molecule has 5 nitrogen and oxygen atoms in total. The average Bonchev–Trinajstić information content (AvgIpc) is 2.74. The molecule has 0 atom stereocenters. The SMILES string of the molecule is O=C(Nc1cccc2cnccc12)N(Cc1ccc(Cl)cc1)C1CCNCC1. The van der Waals surface area contributed by atoms with Gasteiger partial charge >= 0.3 is 6.03 Å². The molecule has 6 heteroatoms. The highest BCUT2D eigenvalue weighted by atomic mass is 35.5. The Labute approximate surface area is 169 Å². The summed E-state index contributed by atoms with van der Waals surface area (Å²) in [6.45, 7) is 2.41. The number of rotatable bonds is 4. The number of urea groups is 1. The number of carbonyl (C=O) groups excluding carboxylic acids is 1. The molecule has 144 valence electrons. The van der Waals surface area contributed by atoms with Crippen molar-refractivity contribution < 1.29 is 4.79 Å². The largest absolute Gasteiger partial charge is 0.322 e. The molecule has 0 aliphatic carbocycles. The van der Waals surface area contributed by atoms with Crippen LogP contribution in [0.2, 0.25) is 5.02 Å². The zero-order valence-corrected chi connectivity index (χ0v) is 16.3. The molecule has 1 fully saturated rings. The maximum absolute atomic E-state index is 13.3. The fourth-order valence-electron chi connectivity index (χ4n) is 3.69. The van der Waals surface area contributed by atoms with Crippen molar-refractivity contribution in [3.8, 4) is 0 Å². The predicted molar refractivity (Wildman–Crippen MR) is 114 cm³/mol. The number of pyridine rings is 1. The lowest BCUT2D eigenvalue weighted by Gasteiger charge is -2.35. The molecule has 2 heterocycles. The van der Waals surface area contributed by atoms with E-state index in [1.807, 2.05) is 59.6 Å². The Hall–Kier alpha value is -2.63. The Kier molecular flexibility index (Phi) is 5.74. The molecule has 0 saturated carbocycles. The minimum absolute atomic E-state index is 0.0776. The van der Waals surface area contributed by atoms with E-state index in [2.05, 4.69) is 15.6 Å². The minimum atomic E-state index is -0.0776. The predicted octanol–water partition coefficient (Wildman–Crippen LogP) is 4.67. The van der Waals surface area contributed by atoms with Gasteiger partial charge in [-0.1, -0.05) is 35.9 Å². The quantitative estimate of drug-likeness (QED) is 0.675. The second-order valence-corrected chi connectivity index (χ2v) is 7.50. The summed E-state index contributed by atoms with van der Waals surface area (Å²) < 4.78 is 0. The van der Waals surface area contributed by atoms with Gasteiger partial charge in [0.15, 0.2) is 0 Å². The van der Waals surface area contributed by atoms with Crippen molar-refractivity contribution in [2.75, 3.05) is 18.4 Å². The van der Waals surface area contributed by atoms with Crippen LogP contribution in [0.15, 0.2) is 60.9 Å². The van der Waals surface area contributed by atoms with Crippen LogP contribution < -0.4 is 10.6 Å². The number of hydrogen-bond acceptors (Lipinski definition) is 3. The first kappa shape index (κ1) is 18.7. The van der Waals surface area contributed by atoms with Crippen LogP contribution in [-0.2, 0) is 6.54 Å². The van der Waals surface area contributed by atoms with E-state index in [0.717, 1.165) is 48.0 Å². The number of anilines is 1. The minimum Gasteiger partial charge on any atom is -0.317 e. The summed E-state index contributed by atoms with van der Waals surface area (Å²) in [5.74, 6) is 0. The lowest BCUT2D eigenvalue weighted by atomic mass is 10.0. The van der Waals surface area contributed by atoms with Gasteiger partial charge in [-0.05, 0) is 55.8 Å². The van der Waals surface area contributed by atoms with E-state index >= 15 is 0 Å². The molecule has 28 heavy (non-hydrogen) atoms. The Morgan fingerprint density at radius 2 is 1.93 bits per heavy atom. The number of fused-ring (bicyclic) bond motifs is 1. The van der Waals surface area contributed by atoms with Crippen LogP contribution >= 0.6 is 11.6 Å². The van der Waals surface area contributed by atoms with Gasteiger partial charge in [-0.25, -0.2) is 4.79 Å². The van der Waals surface area contributed by atoms with Gasteiger partial charge in [0.25, 0.3) is 0 Å². The highest BCUT2D eigenvalue weighted by Gasteiger charge is 2.26. The zero-order chi connectivity index (χ0) is 19.3. The number of carbonyl (C=O) groups is 1. The smallest absolute Gasteiger partial charge is 0.317 e. The fraction of sp³-hybridized carbons (Fsp3) is 0.273. The molecule has 0 radical (unpaired) electrons. The second-order valence-electron chi connectivity index (χ2n) is 7.07. The topological polar surface area (TPSA) is 57.3 Å². The molecule has 3 aromatic rings. The molecule has 1 aliphatic heterocycles. The highest BCUT2D eigenvalue weighted by molar-refractivity contribution is 6.30. The lowest BCUT2D eigenvalue weighted by Crippen LogP contribution is -2.47. The molecule has 0 spiro atoms. The third-order valence-electron chi connectivity index (χ3n) is 5.20. The van der Waals surface area contributed by atoms with Crippen molar-refractivity contribution in [1.29, 1.82) is 0 Å². The van der Waals surface area contributed by atoms with Crippen LogP contribution in [0.5, 0.6) is 0 Å². The number of amides is 2. The number of benzene rings is 2. The Morgan fingerprint density at radius 1 is 1.14 bits per heavy atom. The van der Waals surface area contributed by atoms with Crippen LogP contribution in [0.1, 0.15) is 18.4 Å². The van der Waals surface area contributed by atoms with Crippen molar-refractivity contribution >= 4 is 34.1 Å². The summed E-state index contributed by atoms with van der Waals surface area (Å²) in [6.07, 6.45) is 5.44. The van der Waals surface area contributed by atoms with Crippen molar-refractivity contribution in [2.24, 2.45) is 0 Å². The summed E-state index contributed by atoms with van der Waals surface area (Å²) in [5.41, 5.74) is 1.88. The molecular weight excluding hydrogens is 372 g/mol. The molecule has 2 aromatic carbocycles. The number of piperidine rings is 1. The van der Waals surface area contributed by atoms with Gasteiger partial charge in [-0.2, -0.15) is 0 Å². The van der Waals surface area contributed by atoms with Gasteiger partial charge in [-0.15, -0.1) is 0 Å². The second kappa shape index (κ2) is 8.59. The maximum atomic E-state index is 13.3. The van der Waals surface area contributed by atoms with Crippen molar-refractivity contribution in [2.45, 2.75) is 25.4 Å². The van der Waals surface area contributed by atoms with Crippen molar-refractivity contribution in [3.63, 3.8) is 0 Å². The zero-order valence-electron chi connectivity index (χ0n) is 15.6. The standard InChI is InChI=1S/C22H23ClN4O/c23-18-6-4-16(5-7-18)15-27(19-8-11-24-12-9-19)22(28)26-21-3-1-2-17-14-25-13-10-20(17)21/h1-7,10,13-14,19,24H,8-9,11-12,15H2,(H,26,28). The van der Waals surface area contributed by atoms with E-state index in [1.54, 1.807) is 6.20 Å². The summed E-state index contributed by atoms with van der Waals surface area (Å²) in [7, 11) is 0. The van der Waals surface area contributed by atoms with Gasteiger partial charge in [0.2, 0.25) is 0 Å². The number of hydrogen-bond donors (Lipinski definition) is 2. The van der Waals surface area contributed by atoms with E-state index in [9.17, 15) is 4.79 Å². The normalized spacial score (nSPS) is 14.8. The van der Waals surface area contributed by atoms with Gasteiger partial charge in [0.05, 0.1) is 5.69 Å². The summed E-state index contributed by atoms with van der Waals surface area (Å²) >= 11 is 6.02. The number of nitrogens with one attached hydrogen (secondary N) is 2. The van der Waals surface area contributed by atoms with Gasteiger partial charge in [-0.3, -0.25) is 4.98 Å². The van der Waals surface area contributed by atoms with Gasteiger partial charge in [0, 0.05) is 40.8 Å². The Bertz CT molecular complexity index is 949. The summed E-state index contributed by atoms with van der Waals surface area (Å²) in [6, 6.07) is 15.6. The molecule has 0 unspecified atom stereocenters. The molecule has 2 amide bonds. The number of nitrogens with zero attached hydrogens (tertiary/aromatic N) is 2. The fourth-order valence-corrected chi connectivity index (χ4v) is 3.82. The average molecular weight is 395 g/mol. The van der Waals surface area contributed by atoms with E-state index < -0.39 is 0 Å². The van der Waals surface area contributed by atoms with Crippen LogP contribution in [-0.4, -0.2) is 35.0 Å². The van der Waals surface area contributed by atoms with Crippen LogP contribution in [0.3, 0.4) is 0 Å². The van der Waals surface area contributed by atoms with Crippen molar-refractivity contribution in [3.05, 3.63) is 71.5 Å². The van der Waals surface area contributed by atoms with E-state index in [-0.39, 0.29) is 12.1 Å². The van der Waals surface area contributed by atoms with Gasteiger partial charge < -0.3 is 15.5 Å². The Balaban J connectivity index is 1.59. The molecule has 1 saturated heterocycles.